The molecule has 0 aromatic heterocycles. The molecule has 1 heterocycles. The van der Waals surface area contributed by atoms with Crippen LogP contribution in [0.5, 0.6) is 0 Å². The van der Waals surface area contributed by atoms with Crippen LogP contribution in [0.15, 0.2) is 121 Å². The van der Waals surface area contributed by atoms with Gasteiger partial charge in [-0.3, -0.25) is 4.79 Å². The molecule has 5 rings (SSSR count). The summed E-state index contributed by atoms with van der Waals surface area (Å²) in [5, 5.41) is 5.74. The number of ether oxygens (including phenoxy) is 4. The molecule has 8 heteroatoms. The van der Waals surface area contributed by atoms with Crippen molar-refractivity contribution in [2.75, 3.05) is 6.61 Å². The van der Waals surface area contributed by atoms with Gasteiger partial charge in [0, 0.05) is 0 Å². The number of nitrogens with one attached hydrogen (secondary N) is 2. The standard InChI is InChI=1S/C35H36N2O6/c38-34-31(37-35(39)43-24-29-19-11-4-12-20-29)33(42-23-28-17-9-3-10-18-28)32(41-22-27-15-7-2-8-16-27)30(36-34)25-40-21-26-13-5-1-6-14-26/h1-20,30-33H,21-25H2,(H,36,38)(H,37,39)/t30-,31-,32+,33+/m1/s1. The summed E-state index contributed by atoms with van der Waals surface area (Å²) >= 11 is 0. The normalized spacial score (nSPS) is 19.8. The first-order chi connectivity index (χ1) is 21.2. The van der Waals surface area contributed by atoms with Gasteiger partial charge >= 0.3 is 6.09 Å². The number of rotatable bonds is 13. The van der Waals surface area contributed by atoms with Crippen LogP contribution in [0.1, 0.15) is 22.3 Å². The fourth-order valence-corrected chi connectivity index (χ4v) is 4.91. The molecule has 0 bridgehead atoms. The molecule has 4 aromatic rings. The lowest BCUT2D eigenvalue weighted by molar-refractivity contribution is -0.159. The van der Waals surface area contributed by atoms with Gasteiger partial charge in [-0.15, -0.1) is 0 Å². The zero-order valence-electron chi connectivity index (χ0n) is 23.8. The predicted molar refractivity (Wildman–Crippen MR) is 162 cm³/mol. The first kappa shape index (κ1) is 30.0. The molecule has 1 aliphatic rings. The largest absolute Gasteiger partial charge is 0.445 e. The molecule has 0 spiro atoms. The third-order valence-electron chi connectivity index (χ3n) is 7.12. The van der Waals surface area contributed by atoms with Crippen molar-refractivity contribution in [3.05, 3.63) is 144 Å². The molecule has 4 atom stereocenters. The van der Waals surface area contributed by atoms with Gasteiger partial charge in [-0.05, 0) is 22.3 Å². The quantitative estimate of drug-likeness (QED) is 0.227. The SMILES string of the molecule is O=C(N[C@H]1C(=O)N[C@H](COCc2ccccc2)[C@H](OCc2ccccc2)[C@H]1OCc1ccccc1)OCc1ccccc1. The van der Waals surface area contributed by atoms with E-state index in [9.17, 15) is 9.59 Å². The number of hydrogen-bond donors (Lipinski definition) is 2. The summed E-state index contributed by atoms with van der Waals surface area (Å²) in [6, 6.07) is 37.0. The summed E-state index contributed by atoms with van der Waals surface area (Å²) in [5.74, 6) is -0.400. The second kappa shape index (κ2) is 15.7. The smallest absolute Gasteiger partial charge is 0.408 e. The van der Waals surface area contributed by atoms with Gasteiger partial charge in [0.1, 0.15) is 24.9 Å². The maximum Gasteiger partial charge on any atom is 0.408 e. The van der Waals surface area contributed by atoms with Crippen LogP contribution in [0.25, 0.3) is 0 Å². The first-order valence-electron chi connectivity index (χ1n) is 14.4. The molecular weight excluding hydrogens is 544 g/mol. The number of carbonyl (C=O) groups is 2. The number of benzene rings is 4. The molecule has 2 N–H and O–H groups in total. The van der Waals surface area contributed by atoms with Gasteiger partial charge in [-0.1, -0.05) is 121 Å². The average Bonchev–Trinajstić information content (AvgIpc) is 3.05. The number of amides is 2. The van der Waals surface area contributed by atoms with Gasteiger partial charge in [-0.2, -0.15) is 0 Å². The Morgan fingerprint density at radius 3 is 1.56 bits per heavy atom. The van der Waals surface area contributed by atoms with Crippen LogP contribution in [0.2, 0.25) is 0 Å². The lowest BCUT2D eigenvalue weighted by Crippen LogP contribution is -2.69. The van der Waals surface area contributed by atoms with Crippen LogP contribution in [-0.2, 0) is 50.2 Å². The van der Waals surface area contributed by atoms with E-state index in [1.807, 2.05) is 121 Å². The van der Waals surface area contributed by atoms with E-state index in [4.69, 9.17) is 18.9 Å². The molecule has 0 aliphatic carbocycles. The van der Waals surface area contributed by atoms with Gasteiger partial charge in [0.15, 0.2) is 0 Å². The van der Waals surface area contributed by atoms with Crippen LogP contribution in [0.4, 0.5) is 4.79 Å². The van der Waals surface area contributed by atoms with E-state index < -0.39 is 36.3 Å². The van der Waals surface area contributed by atoms with Gasteiger partial charge < -0.3 is 29.6 Å². The van der Waals surface area contributed by atoms with Crippen molar-refractivity contribution < 1.29 is 28.5 Å². The molecular formula is C35H36N2O6. The van der Waals surface area contributed by atoms with E-state index in [1.54, 1.807) is 0 Å². The van der Waals surface area contributed by atoms with Gasteiger partial charge in [0.05, 0.1) is 32.5 Å². The Morgan fingerprint density at radius 2 is 1.05 bits per heavy atom. The number of alkyl carbamates (subject to hydrolysis) is 1. The zero-order chi connectivity index (χ0) is 29.7. The lowest BCUT2D eigenvalue weighted by atomic mass is 9.93. The van der Waals surface area contributed by atoms with Crippen LogP contribution in [0.3, 0.4) is 0 Å². The van der Waals surface area contributed by atoms with Gasteiger partial charge in [0.2, 0.25) is 5.91 Å². The molecule has 1 aliphatic heterocycles. The molecule has 1 fully saturated rings. The van der Waals surface area contributed by atoms with Gasteiger partial charge in [-0.25, -0.2) is 4.79 Å². The Balaban J connectivity index is 1.34. The Labute approximate surface area is 251 Å². The molecule has 0 unspecified atom stereocenters. The first-order valence-corrected chi connectivity index (χ1v) is 14.4. The third kappa shape index (κ3) is 8.99. The summed E-state index contributed by atoms with van der Waals surface area (Å²) in [6.07, 6.45) is -2.19. The minimum Gasteiger partial charge on any atom is -0.445 e. The lowest BCUT2D eigenvalue weighted by Gasteiger charge is -2.42. The van der Waals surface area contributed by atoms with Crippen LogP contribution >= 0.6 is 0 Å². The summed E-state index contributed by atoms with van der Waals surface area (Å²) in [6.45, 7) is 1.14. The average molecular weight is 581 g/mol. The Kier molecular flexibility index (Phi) is 10.9. The van der Waals surface area contributed by atoms with E-state index in [2.05, 4.69) is 10.6 Å². The molecule has 43 heavy (non-hydrogen) atoms. The van der Waals surface area contributed by atoms with Crippen molar-refractivity contribution in [3.63, 3.8) is 0 Å². The van der Waals surface area contributed by atoms with Crippen LogP contribution < -0.4 is 10.6 Å². The van der Waals surface area contributed by atoms with Crippen molar-refractivity contribution in [2.24, 2.45) is 0 Å². The van der Waals surface area contributed by atoms with Crippen molar-refractivity contribution >= 4 is 12.0 Å². The molecule has 2 amide bonds. The predicted octanol–water partition coefficient (Wildman–Crippen LogP) is 5.17. The highest BCUT2D eigenvalue weighted by molar-refractivity contribution is 5.87. The van der Waals surface area contributed by atoms with Gasteiger partial charge in [0.25, 0.3) is 0 Å². The summed E-state index contributed by atoms with van der Waals surface area (Å²) in [7, 11) is 0. The number of hydrogen-bond acceptors (Lipinski definition) is 6. The maximum absolute atomic E-state index is 13.5. The highest BCUT2D eigenvalue weighted by Crippen LogP contribution is 2.23. The summed E-state index contributed by atoms with van der Waals surface area (Å²) < 4.78 is 24.3. The monoisotopic (exact) mass is 580 g/mol. The highest BCUT2D eigenvalue weighted by atomic mass is 16.6. The van der Waals surface area contributed by atoms with Crippen molar-refractivity contribution in [1.82, 2.24) is 10.6 Å². The Morgan fingerprint density at radius 1 is 0.605 bits per heavy atom. The van der Waals surface area contributed by atoms with E-state index in [0.717, 1.165) is 22.3 Å². The maximum atomic E-state index is 13.5. The Bertz CT molecular complexity index is 1410. The second-order valence-electron chi connectivity index (χ2n) is 10.3. The van der Waals surface area contributed by atoms with E-state index in [0.29, 0.717) is 6.61 Å². The zero-order valence-corrected chi connectivity index (χ0v) is 23.8. The van der Waals surface area contributed by atoms with E-state index in [-0.39, 0.29) is 26.4 Å². The molecule has 1 saturated heterocycles. The van der Waals surface area contributed by atoms with Crippen molar-refractivity contribution in [2.45, 2.75) is 50.7 Å². The van der Waals surface area contributed by atoms with Crippen molar-refractivity contribution in [1.29, 1.82) is 0 Å². The van der Waals surface area contributed by atoms with E-state index in [1.165, 1.54) is 0 Å². The molecule has 222 valence electrons. The van der Waals surface area contributed by atoms with Crippen LogP contribution in [0, 0.1) is 0 Å². The highest BCUT2D eigenvalue weighted by Gasteiger charge is 2.47. The van der Waals surface area contributed by atoms with Crippen LogP contribution in [-0.4, -0.2) is 42.9 Å². The topological polar surface area (TPSA) is 95.1 Å². The molecule has 0 saturated carbocycles. The summed E-state index contributed by atoms with van der Waals surface area (Å²) in [5.41, 5.74) is 3.75. The number of carbonyl (C=O) groups excluding carboxylic acids is 2. The van der Waals surface area contributed by atoms with Crippen molar-refractivity contribution in [3.8, 4) is 0 Å². The fraction of sp³-hybridized carbons (Fsp3) is 0.257. The van der Waals surface area contributed by atoms with E-state index >= 15 is 0 Å². The molecule has 4 aromatic carbocycles. The second-order valence-corrected chi connectivity index (χ2v) is 10.3. The fourth-order valence-electron chi connectivity index (χ4n) is 4.91. The number of piperidine rings is 1. The molecule has 8 nitrogen and oxygen atoms in total. The Hall–Kier alpha value is -4.50. The minimum absolute atomic E-state index is 0.0699. The third-order valence-corrected chi connectivity index (χ3v) is 7.12. The molecule has 0 radical (unpaired) electrons. The minimum atomic E-state index is -1.06. The summed E-state index contributed by atoms with van der Waals surface area (Å²) in [4.78, 5) is 26.4.